The van der Waals surface area contributed by atoms with Gasteiger partial charge in [-0.2, -0.15) is 5.10 Å². The molecule has 23 heavy (non-hydrogen) atoms. The van der Waals surface area contributed by atoms with Crippen molar-refractivity contribution in [3.8, 4) is 5.69 Å². The molecule has 1 fully saturated rings. The predicted octanol–water partition coefficient (Wildman–Crippen LogP) is 2.21. The number of amides is 1. The first-order valence-electron chi connectivity index (χ1n) is 8.31. The molecule has 0 unspecified atom stereocenters. The smallest absolute Gasteiger partial charge is 0.257 e. The molecule has 0 aliphatic carbocycles. The van der Waals surface area contributed by atoms with Crippen LogP contribution in [0.4, 0.5) is 0 Å². The van der Waals surface area contributed by atoms with E-state index in [1.807, 2.05) is 39.9 Å². The van der Waals surface area contributed by atoms with Crippen LogP contribution < -0.4 is 0 Å². The van der Waals surface area contributed by atoms with Crippen LogP contribution in [-0.4, -0.2) is 58.7 Å². The van der Waals surface area contributed by atoms with Gasteiger partial charge in [0, 0.05) is 19.6 Å². The third-order valence-electron chi connectivity index (χ3n) is 4.44. The molecule has 5 nitrogen and oxygen atoms in total. The Bertz CT molecular complexity index is 665. The summed E-state index contributed by atoms with van der Waals surface area (Å²) >= 11 is 0. The summed E-state index contributed by atoms with van der Waals surface area (Å²) in [5.74, 6) is 0.110. The van der Waals surface area contributed by atoms with Gasteiger partial charge in [-0.25, -0.2) is 4.68 Å². The highest BCUT2D eigenvalue weighted by Crippen LogP contribution is 2.18. The molecule has 2 aromatic rings. The first-order chi connectivity index (χ1) is 11.2. The van der Waals surface area contributed by atoms with Gasteiger partial charge in [-0.15, -0.1) is 0 Å². The zero-order valence-corrected chi connectivity index (χ0v) is 13.9. The van der Waals surface area contributed by atoms with E-state index in [2.05, 4.69) is 24.0 Å². The zero-order valence-electron chi connectivity index (χ0n) is 13.9. The molecular formula is C18H24N4O. The van der Waals surface area contributed by atoms with E-state index in [0.29, 0.717) is 0 Å². The molecule has 1 aliphatic rings. The van der Waals surface area contributed by atoms with Crippen molar-refractivity contribution in [3.05, 3.63) is 47.8 Å². The van der Waals surface area contributed by atoms with Gasteiger partial charge in [-0.1, -0.05) is 25.1 Å². The van der Waals surface area contributed by atoms with Gasteiger partial charge in [-0.05, 0) is 38.6 Å². The quantitative estimate of drug-likeness (QED) is 0.872. The van der Waals surface area contributed by atoms with Crippen LogP contribution in [0, 0.1) is 0 Å². The van der Waals surface area contributed by atoms with Gasteiger partial charge in [0.1, 0.15) is 0 Å². The Morgan fingerprint density at radius 1 is 1.13 bits per heavy atom. The molecule has 122 valence electrons. The number of aromatic nitrogens is 2. The van der Waals surface area contributed by atoms with Crippen molar-refractivity contribution >= 4 is 5.91 Å². The summed E-state index contributed by atoms with van der Waals surface area (Å²) in [6.07, 6.45) is 3.53. The minimum absolute atomic E-state index is 0.110. The van der Waals surface area contributed by atoms with Crippen molar-refractivity contribution < 1.29 is 4.79 Å². The third kappa shape index (κ3) is 3.29. The molecule has 2 heterocycles. The molecule has 1 aromatic carbocycles. The Morgan fingerprint density at radius 2 is 1.91 bits per heavy atom. The molecule has 0 saturated carbocycles. The average Bonchev–Trinajstić information content (AvgIpc) is 2.90. The summed E-state index contributed by atoms with van der Waals surface area (Å²) in [6, 6.07) is 9.99. The fourth-order valence-electron chi connectivity index (χ4n) is 3.10. The highest BCUT2D eigenvalue weighted by Gasteiger charge is 2.23. The topological polar surface area (TPSA) is 41.4 Å². The van der Waals surface area contributed by atoms with E-state index >= 15 is 0 Å². The lowest BCUT2D eigenvalue weighted by atomic mass is 10.1. The number of hydrogen-bond donors (Lipinski definition) is 0. The van der Waals surface area contributed by atoms with E-state index in [0.717, 1.165) is 56.0 Å². The van der Waals surface area contributed by atoms with E-state index in [9.17, 15) is 4.79 Å². The maximum Gasteiger partial charge on any atom is 0.257 e. The van der Waals surface area contributed by atoms with Gasteiger partial charge in [-0.3, -0.25) is 4.79 Å². The van der Waals surface area contributed by atoms with Crippen LogP contribution in [0.1, 0.15) is 29.4 Å². The fraction of sp³-hybridized carbons (Fsp3) is 0.444. The molecule has 3 rings (SSSR count). The van der Waals surface area contributed by atoms with Crippen LogP contribution in [0.5, 0.6) is 0 Å². The van der Waals surface area contributed by atoms with Gasteiger partial charge in [0.15, 0.2) is 0 Å². The standard InChI is InChI=1S/C18H24N4O/c1-3-17-16(14-19-22(17)15-8-5-4-6-9-15)18(23)21-11-7-10-20(2)12-13-21/h4-6,8-9,14H,3,7,10-13H2,1-2H3. The highest BCUT2D eigenvalue weighted by atomic mass is 16.2. The molecule has 0 bridgehead atoms. The molecule has 1 aliphatic heterocycles. The SMILES string of the molecule is CCc1c(C(=O)N2CCCN(C)CC2)cnn1-c1ccccc1. The zero-order chi connectivity index (χ0) is 16.2. The van der Waals surface area contributed by atoms with Crippen LogP contribution in [0.3, 0.4) is 0 Å². The number of carbonyl (C=O) groups is 1. The summed E-state index contributed by atoms with van der Waals surface area (Å²) in [7, 11) is 2.11. The molecule has 1 amide bonds. The van der Waals surface area contributed by atoms with Crippen molar-refractivity contribution in [2.24, 2.45) is 0 Å². The number of hydrogen-bond acceptors (Lipinski definition) is 3. The second-order valence-corrected chi connectivity index (χ2v) is 6.05. The lowest BCUT2D eigenvalue weighted by molar-refractivity contribution is 0.0761. The average molecular weight is 312 g/mol. The summed E-state index contributed by atoms with van der Waals surface area (Å²) < 4.78 is 1.89. The first kappa shape index (κ1) is 15.7. The minimum Gasteiger partial charge on any atom is -0.337 e. The van der Waals surface area contributed by atoms with E-state index in [-0.39, 0.29) is 5.91 Å². The van der Waals surface area contributed by atoms with Crippen LogP contribution in [0.15, 0.2) is 36.5 Å². The summed E-state index contributed by atoms with van der Waals surface area (Å²) in [4.78, 5) is 17.2. The molecule has 5 heteroatoms. The first-order valence-corrected chi connectivity index (χ1v) is 8.31. The van der Waals surface area contributed by atoms with E-state index in [1.54, 1.807) is 6.20 Å². The van der Waals surface area contributed by atoms with Gasteiger partial charge < -0.3 is 9.80 Å². The summed E-state index contributed by atoms with van der Waals surface area (Å²) in [5.41, 5.74) is 2.72. The number of nitrogens with zero attached hydrogens (tertiary/aromatic N) is 4. The Kier molecular flexibility index (Phi) is 4.76. The predicted molar refractivity (Wildman–Crippen MR) is 91.0 cm³/mol. The third-order valence-corrected chi connectivity index (χ3v) is 4.44. The van der Waals surface area contributed by atoms with E-state index < -0.39 is 0 Å². The van der Waals surface area contributed by atoms with Crippen LogP contribution in [0.25, 0.3) is 5.69 Å². The molecule has 0 spiro atoms. The van der Waals surface area contributed by atoms with Crippen molar-refractivity contribution in [2.75, 3.05) is 33.2 Å². The summed E-state index contributed by atoms with van der Waals surface area (Å²) in [6.45, 7) is 5.66. The molecule has 0 radical (unpaired) electrons. The maximum atomic E-state index is 12.9. The van der Waals surface area contributed by atoms with Gasteiger partial charge >= 0.3 is 0 Å². The fourth-order valence-corrected chi connectivity index (χ4v) is 3.10. The Balaban J connectivity index is 1.88. The maximum absolute atomic E-state index is 12.9. The van der Waals surface area contributed by atoms with Gasteiger partial charge in [0.05, 0.1) is 23.1 Å². The van der Waals surface area contributed by atoms with E-state index in [1.165, 1.54) is 0 Å². The molecule has 0 N–H and O–H groups in total. The lowest BCUT2D eigenvalue weighted by Gasteiger charge is -2.20. The number of benzene rings is 1. The largest absolute Gasteiger partial charge is 0.337 e. The Labute approximate surface area is 137 Å². The van der Waals surface area contributed by atoms with Gasteiger partial charge in [0.2, 0.25) is 0 Å². The Hall–Kier alpha value is -2.14. The molecule has 1 saturated heterocycles. The summed E-state index contributed by atoms with van der Waals surface area (Å²) in [5, 5.41) is 4.47. The minimum atomic E-state index is 0.110. The monoisotopic (exact) mass is 312 g/mol. The number of carbonyl (C=O) groups excluding carboxylic acids is 1. The van der Waals surface area contributed by atoms with Crippen molar-refractivity contribution in [3.63, 3.8) is 0 Å². The number of likely N-dealkylation sites (N-methyl/N-ethyl adjacent to an activating group) is 1. The van der Waals surface area contributed by atoms with E-state index in [4.69, 9.17) is 0 Å². The number of rotatable bonds is 3. The molecule has 0 atom stereocenters. The Morgan fingerprint density at radius 3 is 2.65 bits per heavy atom. The van der Waals surface area contributed by atoms with Crippen molar-refractivity contribution in [1.29, 1.82) is 0 Å². The number of para-hydroxylation sites is 1. The lowest BCUT2D eigenvalue weighted by Crippen LogP contribution is -2.34. The van der Waals surface area contributed by atoms with Crippen LogP contribution in [-0.2, 0) is 6.42 Å². The van der Waals surface area contributed by atoms with Crippen LogP contribution >= 0.6 is 0 Å². The molecular weight excluding hydrogens is 288 g/mol. The van der Waals surface area contributed by atoms with Crippen LogP contribution in [0.2, 0.25) is 0 Å². The van der Waals surface area contributed by atoms with Crippen molar-refractivity contribution in [2.45, 2.75) is 19.8 Å². The highest BCUT2D eigenvalue weighted by molar-refractivity contribution is 5.95. The second-order valence-electron chi connectivity index (χ2n) is 6.05. The van der Waals surface area contributed by atoms with Gasteiger partial charge in [0.25, 0.3) is 5.91 Å². The normalized spacial score (nSPS) is 16.3. The second kappa shape index (κ2) is 6.96. The van der Waals surface area contributed by atoms with Crippen molar-refractivity contribution in [1.82, 2.24) is 19.6 Å². The molecule has 1 aromatic heterocycles.